The van der Waals surface area contributed by atoms with E-state index < -0.39 is 0 Å². The molecule has 2 aromatic rings. The minimum Gasteiger partial charge on any atom is -0.372 e. The molecular formula is C16H19N3O. The SMILES string of the molecule is c1ccc(COC2CCCN(c3ncccn3)C2)cc1. The van der Waals surface area contributed by atoms with E-state index >= 15 is 0 Å². The van der Waals surface area contributed by atoms with Crippen molar-refractivity contribution in [2.75, 3.05) is 18.0 Å². The van der Waals surface area contributed by atoms with Crippen molar-refractivity contribution in [3.05, 3.63) is 54.4 Å². The molecule has 1 unspecified atom stereocenters. The molecule has 0 bridgehead atoms. The maximum absolute atomic E-state index is 6.02. The molecule has 1 atom stereocenters. The minimum atomic E-state index is 0.257. The Morgan fingerprint density at radius 1 is 1.10 bits per heavy atom. The van der Waals surface area contributed by atoms with Crippen LogP contribution in [0.1, 0.15) is 18.4 Å². The van der Waals surface area contributed by atoms with Crippen LogP contribution in [0, 0.1) is 0 Å². The largest absolute Gasteiger partial charge is 0.372 e. The molecule has 1 aromatic carbocycles. The van der Waals surface area contributed by atoms with Crippen LogP contribution in [0.25, 0.3) is 0 Å². The average Bonchev–Trinajstić information content (AvgIpc) is 2.55. The molecule has 0 saturated carbocycles. The molecule has 1 aliphatic heterocycles. The third-order valence-corrected chi connectivity index (χ3v) is 3.54. The van der Waals surface area contributed by atoms with Crippen LogP contribution in [-0.2, 0) is 11.3 Å². The van der Waals surface area contributed by atoms with Crippen molar-refractivity contribution in [2.24, 2.45) is 0 Å². The van der Waals surface area contributed by atoms with Crippen molar-refractivity contribution in [3.8, 4) is 0 Å². The topological polar surface area (TPSA) is 38.2 Å². The molecule has 1 saturated heterocycles. The Labute approximate surface area is 119 Å². The first-order valence-corrected chi connectivity index (χ1v) is 7.09. The van der Waals surface area contributed by atoms with Crippen LogP contribution in [0.2, 0.25) is 0 Å². The van der Waals surface area contributed by atoms with Gasteiger partial charge in [-0.05, 0) is 24.5 Å². The van der Waals surface area contributed by atoms with Gasteiger partial charge in [0.25, 0.3) is 0 Å². The van der Waals surface area contributed by atoms with E-state index in [0.29, 0.717) is 6.61 Å². The quantitative estimate of drug-likeness (QED) is 0.855. The highest BCUT2D eigenvalue weighted by Gasteiger charge is 2.21. The second kappa shape index (κ2) is 6.48. The molecule has 1 aromatic heterocycles. The maximum Gasteiger partial charge on any atom is 0.225 e. The molecule has 0 radical (unpaired) electrons. The highest BCUT2D eigenvalue weighted by molar-refractivity contribution is 5.29. The summed E-state index contributed by atoms with van der Waals surface area (Å²) < 4.78 is 6.02. The van der Waals surface area contributed by atoms with Crippen LogP contribution in [-0.4, -0.2) is 29.2 Å². The number of hydrogen-bond donors (Lipinski definition) is 0. The van der Waals surface area contributed by atoms with Crippen molar-refractivity contribution >= 4 is 5.95 Å². The Kier molecular flexibility index (Phi) is 4.23. The normalized spacial score (nSPS) is 19.0. The smallest absolute Gasteiger partial charge is 0.225 e. The van der Waals surface area contributed by atoms with Crippen molar-refractivity contribution < 1.29 is 4.74 Å². The van der Waals surface area contributed by atoms with Gasteiger partial charge in [0.15, 0.2) is 0 Å². The van der Waals surface area contributed by atoms with E-state index in [9.17, 15) is 0 Å². The Bertz CT molecular complexity index is 518. The molecule has 0 aliphatic carbocycles. The lowest BCUT2D eigenvalue weighted by Gasteiger charge is -2.32. The summed E-state index contributed by atoms with van der Waals surface area (Å²) in [4.78, 5) is 10.8. The number of aromatic nitrogens is 2. The van der Waals surface area contributed by atoms with Gasteiger partial charge in [-0.1, -0.05) is 30.3 Å². The summed E-state index contributed by atoms with van der Waals surface area (Å²) >= 11 is 0. The Hall–Kier alpha value is -1.94. The number of anilines is 1. The molecule has 4 heteroatoms. The predicted octanol–water partition coefficient (Wildman–Crippen LogP) is 2.66. The van der Waals surface area contributed by atoms with Crippen LogP contribution in [0.5, 0.6) is 0 Å². The van der Waals surface area contributed by atoms with Gasteiger partial charge in [0.05, 0.1) is 12.7 Å². The van der Waals surface area contributed by atoms with Gasteiger partial charge < -0.3 is 9.64 Å². The van der Waals surface area contributed by atoms with Gasteiger partial charge >= 0.3 is 0 Å². The summed E-state index contributed by atoms with van der Waals surface area (Å²) in [6.07, 6.45) is 6.06. The average molecular weight is 269 g/mol. The summed E-state index contributed by atoms with van der Waals surface area (Å²) in [6.45, 7) is 2.56. The lowest BCUT2D eigenvalue weighted by atomic mass is 10.1. The van der Waals surface area contributed by atoms with E-state index in [0.717, 1.165) is 31.9 Å². The van der Waals surface area contributed by atoms with E-state index in [2.05, 4.69) is 27.0 Å². The number of piperidine rings is 1. The standard InChI is InChI=1S/C16H19N3O/c1-2-6-14(7-3-1)13-20-15-8-4-11-19(12-15)16-17-9-5-10-18-16/h1-3,5-7,9-10,15H,4,8,11-13H2. The van der Waals surface area contributed by atoms with E-state index in [4.69, 9.17) is 4.74 Å². The Balaban J connectivity index is 1.56. The third kappa shape index (κ3) is 3.33. The van der Waals surface area contributed by atoms with Crippen LogP contribution in [0.15, 0.2) is 48.8 Å². The first-order chi connectivity index (χ1) is 9.92. The summed E-state index contributed by atoms with van der Waals surface area (Å²) in [7, 11) is 0. The van der Waals surface area contributed by atoms with Crippen LogP contribution in [0.3, 0.4) is 0 Å². The highest BCUT2D eigenvalue weighted by Crippen LogP contribution is 2.18. The lowest BCUT2D eigenvalue weighted by Crippen LogP contribution is -2.40. The predicted molar refractivity (Wildman–Crippen MR) is 78.5 cm³/mol. The van der Waals surface area contributed by atoms with Gasteiger partial charge in [-0.25, -0.2) is 9.97 Å². The summed E-state index contributed by atoms with van der Waals surface area (Å²) in [5.74, 6) is 0.806. The van der Waals surface area contributed by atoms with Crippen LogP contribution in [0.4, 0.5) is 5.95 Å². The molecule has 0 amide bonds. The first kappa shape index (κ1) is 13.1. The maximum atomic E-state index is 6.02. The first-order valence-electron chi connectivity index (χ1n) is 7.09. The Morgan fingerprint density at radius 3 is 2.70 bits per heavy atom. The molecule has 0 spiro atoms. The third-order valence-electron chi connectivity index (χ3n) is 3.54. The number of benzene rings is 1. The summed E-state index contributed by atoms with van der Waals surface area (Å²) in [5, 5.41) is 0. The number of nitrogens with zero attached hydrogens (tertiary/aromatic N) is 3. The van der Waals surface area contributed by atoms with Crippen LogP contribution < -0.4 is 4.90 Å². The Morgan fingerprint density at radius 2 is 1.90 bits per heavy atom. The van der Waals surface area contributed by atoms with Crippen molar-refractivity contribution in [3.63, 3.8) is 0 Å². The highest BCUT2D eigenvalue weighted by atomic mass is 16.5. The van der Waals surface area contributed by atoms with Crippen molar-refractivity contribution in [1.82, 2.24) is 9.97 Å². The lowest BCUT2D eigenvalue weighted by molar-refractivity contribution is 0.0313. The monoisotopic (exact) mass is 269 g/mol. The fourth-order valence-corrected chi connectivity index (χ4v) is 2.50. The molecule has 20 heavy (non-hydrogen) atoms. The number of hydrogen-bond acceptors (Lipinski definition) is 4. The second-order valence-electron chi connectivity index (χ2n) is 5.06. The molecule has 0 N–H and O–H groups in total. The van der Waals surface area contributed by atoms with Gasteiger partial charge in [-0.15, -0.1) is 0 Å². The van der Waals surface area contributed by atoms with Crippen LogP contribution >= 0.6 is 0 Å². The van der Waals surface area contributed by atoms with E-state index in [1.54, 1.807) is 12.4 Å². The number of ether oxygens (including phenoxy) is 1. The fourth-order valence-electron chi connectivity index (χ4n) is 2.50. The van der Waals surface area contributed by atoms with Gasteiger partial charge in [0, 0.05) is 25.5 Å². The van der Waals surface area contributed by atoms with E-state index in [1.165, 1.54) is 5.56 Å². The molecule has 2 heterocycles. The summed E-state index contributed by atoms with van der Waals surface area (Å²) in [6, 6.07) is 12.2. The fraction of sp³-hybridized carbons (Fsp3) is 0.375. The van der Waals surface area contributed by atoms with Gasteiger partial charge in [-0.3, -0.25) is 0 Å². The number of rotatable bonds is 4. The zero-order chi connectivity index (χ0) is 13.6. The van der Waals surface area contributed by atoms with Gasteiger partial charge in [-0.2, -0.15) is 0 Å². The van der Waals surface area contributed by atoms with Gasteiger partial charge in [0.1, 0.15) is 0 Å². The molecule has 4 nitrogen and oxygen atoms in total. The van der Waals surface area contributed by atoms with E-state index in [-0.39, 0.29) is 6.10 Å². The zero-order valence-electron chi connectivity index (χ0n) is 11.5. The molecular weight excluding hydrogens is 250 g/mol. The zero-order valence-corrected chi connectivity index (χ0v) is 11.5. The molecule has 1 fully saturated rings. The minimum absolute atomic E-state index is 0.257. The van der Waals surface area contributed by atoms with Crippen molar-refractivity contribution in [1.29, 1.82) is 0 Å². The molecule has 104 valence electrons. The molecule has 3 rings (SSSR count). The summed E-state index contributed by atoms with van der Waals surface area (Å²) in [5.41, 5.74) is 1.22. The van der Waals surface area contributed by atoms with Crippen molar-refractivity contribution in [2.45, 2.75) is 25.6 Å². The molecule has 1 aliphatic rings. The van der Waals surface area contributed by atoms with Gasteiger partial charge in [0.2, 0.25) is 5.95 Å². The van der Waals surface area contributed by atoms with E-state index in [1.807, 2.05) is 24.3 Å². The second-order valence-corrected chi connectivity index (χ2v) is 5.06.